The number of rotatable bonds is 5. The summed E-state index contributed by atoms with van der Waals surface area (Å²) in [5.74, 6) is 0.957. The van der Waals surface area contributed by atoms with Crippen LogP contribution in [0.2, 0.25) is 0 Å². The number of carbonyl (C=O) groups is 1. The van der Waals surface area contributed by atoms with Crippen LogP contribution in [0.3, 0.4) is 0 Å². The fraction of sp³-hybridized carbons (Fsp3) is 0.706. The number of nitrogens with one attached hydrogen (secondary N) is 2. The zero-order valence-electron chi connectivity index (χ0n) is 15.6. The van der Waals surface area contributed by atoms with Crippen molar-refractivity contribution in [2.75, 3.05) is 20.1 Å². The molecule has 1 aliphatic heterocycles. The summed E-state index contributed by atoms with van der Waals surface area (Å²) in [6.45, 7) is 8.38. The molecule has 6 nitrogen and oxygen atoms in total. The molecule has 0 bridgehead atoms. The third-order valence-corrected chi connectivity index (χ3v) is 5.47. The van der Waals surface area contributed by atoms with E-state index in [2.05, 4.69) is 27.5 Å². The van der Waals surface area contributed by atoms with Gasteiger partial charge in [0.25, 0.3) is 0 Å². The zero-order valence-corrected chi connectivity index (χ0v) is 18.7. The van der Waals surface area contributed by atoms with E-state index < -0.39 is 0 Å². The van der Waals surface area contributed by atoms with Crippen LogP contribution in [0.25, 0.3) is 0 Å². The highest BCUT2D eigenvalue weighted by molar-refractivity contribution is 14.0. The molecular weight excluding hydrogens is 449 g/mol. The molecule has 0 saturated carbocycles. The number of hydrogen-bond acceptors (Lipinski definition) is 4. The van der Waals surface area contributed by atoms with Crippen LogP contribution in [0, 0.1) is 13.8 Å². The van der Waals surface area contributed by atoms with Crippen LogP contribution < -0.4 is 10.6 Å². The predicted octanol–water partition coefficient (Wildman–Crippen LogP) is 2.83. The second kappa shape index (κ2) is 10.9. The van der Waals surface area contributed by atoms with Gasteiger partial charge in [0.2, 0.25) is 5.91 Å². The Morgan fingerprint density at radius 2 is 2.12 bits per heavy atom. The molecule has 0 aromatic carbocycles. The lowest BCUT2D eigenvalue weighted by Crippen LogP contribution is -2.44. The van der Waals surface area contributed by atoms with Gasteiger partial charge in [-0.1, -0.05) is 0 Å². The Morgan fingerprint density at radius 3 is 2.72 bits per heavy atom. The molecule has 1 aliphatic rings. The maximum atomic E-state index is 12.3. The van der Waals surface area contributed by atoms with Gasteiger partial charge >= 0.3 is 0 Å². The molecule has 1 unspecified atom stereocenters. The number of aromatic nitrogens is 1. The number of halogens is 1. The second-order valence-electron chi connectivity index (χ2n) is 6.28. The van der Waals surface area contributed by atoms with E-state index in [0.717, 1.165) is 36.0 Å². The Hall–Kier alpha value is -0.900. The van der Waals surface area contributed by atoms with Gasteiger partial charge in [0.05, 0.1) is 17.2 Å². The quantitative estimate of drug-likeness (QED) is 0.387. The van der Waals surface area contributed by atoms with Gasteiger partial charge in [-0.05, 0) is 40.0 Å². The summed E-state index contributed by atoms with van der Waals surface area (Å²) in [5.41, 5.74) is 1.06. The Balaban J connectivity index is 0.00000312. The Morgan fingerprint density at radius 1 is 1.36 bits per heavy atom. The topological polar surface area (TPSA) is 69.6 Å². The van der Waals surface area contributed by atoms with E-state index in [4.69, 9.17) is 0 Å². The summed E-state index contributed by atoms with van der Waals surface area (Å²) in [5, 5.41) is 7.59. The monoisotopic (exact) mass is 479 g/mol. The minimum absolute atomic E-state index is 0. The van der Waals surface area contributed by atoms with E-state index in [0.29, 0.717) is 25.6 Å². The van der Waals surface area contributed by atoms with E-state index >= 15 is 0 Å². The molecule has 1 aromatic heterocycles. The number of nitrogens with zero attached hydrogens (tertiary/aromatic N) is 3. The van der Waals surface area contributed by atoms with E-state index in [1.54, 1.807) is 18.4 Å². The number of aryl methyl sites for hydroxylation is 2. The van der Waals surface area contributed by atoms with Crippen LogP contribution in [0.1, 0.15) is 48.2 Å². The summed E-state index contributed by atoms with van der Waals surface area (Å²) in [6, 6.07) is 0.376. The lowest BCUT2D eigenvalue weighted by molar-refractivity contribution is -0.134. The molecule has 0 aliphatic carbocycles. The summed E-state index contributed by atoms with van der Waals surface area (Å²) in [4.78, 5) is 24.2. The van der Waals surface area contributed by atoms with Crippen LogP contribution in [0.4, 0.5) is 0 Å². The molecule has 1 atom stereocenters. The van der Waals surface area contributed by atoms with Crippen molar-refractivity contribution in [3.8, 4) is 0 Å². The normalized spacial score (nSPS) is 17.8. The van der Waals surface area contributed by atoms with Crippen molar-refractivity contribution in [3.63, 3.8) is 0 Å². The molecule has 1 aromatic rings. The Bertz CT molecular complexity index is 590. The first-order valence-electron chi connectivity index (χ1n) is 8.68. The van der Waals surface area contributed by atoms with Crippen LogP contribution in [-0.2, 0) is 11.3 Å². The lowest BCUT2D eigenvalue weighted by atomic mass is 10.0. The highest BCUT2D eigenvalue weighted by Crippen LogP contribution is 2.17. The third kappa shape index (κ3) is 6.73. The molecule has 2 heterocycles. The van der Waals surface area contributed by atoms with Gasteiger partial charge in [-0.2, -0.15) is 0 Å². The highest BCUT2D eigenvalue weighted by atomic mass is 127. The fourth-order valence-corrected chi connectivity index (χ4v) is 3.90. The van der Waals surface area contributed by atoms with Crippen LogP contribution in [0.15, 0.2) is 4.99 Å². The van der Waals surface area contributed by atoms with E-state index in [9.17, 15) is 4.79 Å². The molecular formula is C17H30IN5OS. The number of piperidine rings is 1. The predicted molar refractivity (Wildman–Crippen MR) is 115 cm³/mol. The first-order valence-corrected chi connectivity index (χ1v) is 9.49. The van der Waals surface area contributed by atoms with Crippen molar-refractivity contribution in [1.82, 2.24) is 20.5 Å². The van der Waals surface area contributed by atoms with Gasteiger partial charge < -0.3 is 15.5 Å². The summed E-state index contributed by atoms with van der Waals surface area (Å²) < 4.78 is 0. The van der Waals surface area contributed by atoms with Crippen LogP contribution in [-0.4, -0.2) is 47.9 Å². The molecule has 25 heavy (non-hydrogen) atoms. The molecule has 8 heteroatoms. The number of guanidine groups is 1. The third-order valence-electron chi connectivity index (χ3n) is 4.39. The summed E-state index contributed by atoms with van der Waals surface area (Å²) in [6.07, 6.45) is 3.98. The molecule has 0 radical (unpaired) electrons. The maximum absolute atomic E-state index is 12.3. The summed E-state index contributed by atoms with van der Waals surface area (Å²) in [7, 11) is 1.74. The number of hydrogen-bond donors (Lipinski definition) is 2. The van der Waals surface area contributed by atoms with Gasteiger partial charge in [0.1, 0.15) is 0 Å². The van der Waals surface area contributed by atoms with Gasteiger partial charge in [-0.3, -0.25) is 9.79 Å². The lowest BCUT2D eigenvalue weighted by Gasteiger charge is -2.33. The van der Waals surface area contributed by atoms with Crippen molar-refractivity contribution in [2.45, 2.75) is 59.0 Å². The largest absolute Gasteiger partial charge is 0.356 e. The Kier molecular flexibility index (Phi) is 9.70. The maximum Gasteiger partial charge on any atom is 0.224 e. The molecule has 2 rings (SSSR count). The standard InChI is InChI=1S/C17H29N5OS.HI/c1-12-7-5-6-10-22(12)16(23)8-9-19-17(18-4)20-11-15-13(2)21-14(3)24-15;/h12H,5-11H2,1-4H3,(H2,18,19,20);1H. The van der Waals surface area contributed by atoms with E-state index in [1.165, 1.54) is 11.3 Å². The van der Waals surface area contributed by atoms with Crippen molar-refractivity contribution in [2.24, 2.45) is 4.99 Å². The van der Waals surface area contributed by atoms with Crippen molar-refractivity contribution in [1.29, 1.82) is 0 Å². The van der Waals surface area contributed by atoms with Crippen molar-refractivity contribution < 1.29 is 4.79 Å². The Labute approximate surface area is 171 Å². The summed E-state index contributed by atoms with van der Waals surface area (Å²) >= 11 is 1.70. The van der Waals surface area contributed by atoms with E-state index in [-0.39, 0.29) is 29.9 Å². The average molecular weight is 479 g/mol. The molecule has 1 fully saturated rings. The SMILES string of the molecule is CN=C(NCCC(=O)N1CCCCC1C)NCc1sc(C)nc1C.I. The van der Waals surface area contributed by atoms with Crippen molar-refractivity contribution in [3.05, 3.63) is 15.6 Å². The smallest absolute Gasteiger partial charge is 0.224 e. The van der Waals surface area contributed by atoms with Crippen LogP contribution in [0.5, 0.6) is 0 Å². The first kappa shape index (κ1) is 22.1. The van der Waals surface area contributed by atoms with Gasteiger partial charge in [0, 0.05) is 37.5 Å². The number of likely N-dealkylation sites (tertiary alicyclic amines) is 1. The van der Waals surface area contributed by atoms with Gasteiger partial charge in [0.15, 0.2) is 5.96 Å². The fourth-order valence-electron chi connectivity index (χ4n) is 3.02. The zero-order chi connectivity index (χ0) is 17.5. The number of carbonyl (C=O) groups excluding carboxylic acids is 1. The van der Waals surface area contributed by atoms with Gasteiger partial charge in [-0.25, -0.2) is 4.98 Å². The minimum atomic E-state index is 0. The second-order valence-corrected chi connectivity index (χ2v) is 7.56. The van der Waals surface area contributed by atoms with Crippen LogP contribution >= 0.6 is 35.3 Å². The minimum Gasteiger partial charge on any atom is -0.356 e. The number of thiazole rings is 1. The molecule has 1 saturated heterocycles. The number of aliphatic imine (C=N–C) groups is 1. The highest BCUT2D eigenvalue weighted by Gasteiger charge is 2.22. The molecule has 142 valence electrons. The number of amides is 1. The molecule has 1 amide bonds. The van der Waals surface area contributed by atoms with Crippen molar-refractivity contribution >= 4 is 47.2 Å². The molecule has 0 spiro atoms. The molecule has 2 N–H and O–H groups in total. The van der Waals surface area contributed by atoms with Gasteiger partial charge in [-0.15, -0.1) is 35.3 Å². The van der Waals surface area contributed by atoms with E-state index in [1.807, 2.05) is 18.7 Å². The average Bonchev–Trinajstić information content (AvgIpc) is 2.88. The first-order chi connectivity index (χ1) is 11.5.